The second kappa shape index (κ2) is 9.77. The summed E-state index contributed by atoms with van der Waals surface area (Å²) >= 11 is 1.35. The quantitative estimate of drug-likeness (QED) is 0.707. The molecule has 2 heterocycles. The second-order valence-corrected chi connectivity index (χ2v) is 7.91. The Morgan fingerprint density at radius 2 is 2.14 bits per heavy atom. The zero-order valence-corrected chi connectivity index (χ0v) is 16.8. The van der Waals surface area contributed by atoms with Gasteiger partial charge in [0.15, 0.2) is 5.13 Å². The first-order valence-electron chi connectivity index (χ1n) is 9.43. The molecule has 1 aliphatic heterocycles. The Bertz CT molecular complexity index is 769. The average molecular weight is 403 g/mol. The number of benzene rings is 1. The number of hydrogen-bond donors (Lipinski definition) is 2. The number of hydrogen-bond acceptors (Lipinski definition) is 6. The summed E-state index contributed by atoms with van der Waals surface area (Å²) in [4.78, 5) is 32.7. The highest BCUT2D eigenvalue weighted by Gasteiger charge is 2.28. The van der Waals surface area contributed by atoms with Gasteiger partial charge >= 0.3 is 0 Å². The maximum Gasteiger partial charge on any atom is 0.226 e. The van der Waals surface area contributed by atoms with E-state index in [2.05, 4.69) is 15.2 Å². The van der Waals surface area contributed by atoms with Gasteiger partial charge in [-0.05, 0) is 12.0 Å². The van der Waals surface area contributed by atoms with E-state index in [1.807, 2.05) is 30.3 Å². The van der Waals surface area contributed by atoms with Crippen LogP contribution in [-0.4, -0.2) is 64.5 Å². The van der Waals surface area contributed by atoms with E-state index in [9.17, 15) is 14.7 Å². The van der Waals surface area contributed by atoms with Crippen molar-refractivity contribution in [3.63, 3.8) is 0 Å². The summed E-state index contributed by atoms with van der Waals surface area (Å²) in [6.45, 7) is 2.11. The topological polar surface area (TPSA) is 85.8 Å². The van der Waals surface area contributed by atoms with Gasteiger partial charge in [0.25, 0.3) is 0 Å². The van der Waals surface area contributed by atoms with E-state index in [4.69, 9.17) is 0 Å². The van der Waals surface area contributed by atoms with Crippen LogP contribution in [0.3, 0.4) is 0 Å². The van der Waals surface area contributed by atoms with Gasteiger partial charge in [0.05, 0.1) is 12.1 Å². The number of likely N-dealkylation sites (N-methyl/N-ethyl adjacent to an activating group) is 1. The van der Waals surface area contributed by atoms with Gasteiger partial charge in [-0.3, -0.25) is 14.5 Å². The molecule has 8 heteroatoms. The van der Waals surface area contributed by atoms with E-state index in [1.165, 1.54) is 11.3 Å². The number of aliphatic hydroxyl groups is 1. The monoisotopic (exact) mass is 402 g/mol. The van der Waals surface area contributed by atoms with E-state index in [0.29, 0.717) is 18.2 Å². The highest BCUT2D eigenvalue weighted by molar-refractivity contribution is 7.13. The number of aliphatic hydroxyl groups excluding tert-OH is 1. The number of thiazole rings is 1. The fraction of sp³-hybridized carbons (Fsp3) is 0.450. The molecule has 2 N–H and O–H groups in total. The van der Waals surface area contributed by atoms with E-state index in [-0.39, 0.29) is 36.8 Å². The number of likely N-dealkylation sites (tertiary alicyclic amines) is 1. The third-order valence-corrected chi connectivity index (χ3v) is 5.66. The Labute approximate surface area is 169 Å². The lowest BCUT2D eigenvalue weighted by atomic mass is 10.0. The molecule has 1 aromatic carbocycles. The summed E-state index contributed by atoms with van der Waals surface area (Å²) in [5.41, 5.74) is 1.05. The minimum atomic E-state index is -0.299. The number of nitrogens with one attached hydrogen (secondary N) is 1. The zero-order valence-electron chi connectivity index (χ0n) is 16.0. The average Bonchev–Trinajstić information content (AvgIpc) is 3.36. The maximum absolute atomic E-state index is 12.8. The molecule has 3 rings (SSSR count). The number of carbonyl (C=O) groups excluding carboxylic acids is 2. The van der Waals surface area contributed by atoms with Gasteiger partial charge in [-0.25, -0.2) is 4.98 Å². The summed E-state index contributed by atoms with van der Waals surface area (Å²) in [6, 6.07) is 9.76. The van der Waals surface area contributed by atoms with Gasteiger partial charge in [-0.15, -0.1) is 11.3 Å². The number of amides is 2. The van der Waals surface area contributed by atoms with Gasteiger partial charge in [-0.1, -0.05) is 30.3 Å². The van der Waals surface area contributed by atoms with Crippen molar-refractivity contribution in [3.05, 3.63) is 47.5 Å². The smallest absolute Gasteiger partial charge is 0.226 e. The molecule has 1 aromatic heterocycles. The summed E-state index contributed by atoms with van der Waals surface area (Å²) in [7, 11) is 1.78. The van der Waals surface area contributed by atoms with Crippen molar-refractivity contribution < 1.29 is 14.7 Å². The molecular formula is C20H26N4O3S. The van der Waals surface area contributed by atoms with Crippen LogP contribution >= 0.6 is 11.3 Å². The first-order valence-corrected chi connectivity index (χ1v) is 10.3. The van der Waals surface area contributed by atoms with Crippen molar-refractivity contribution in [2.24, 2.45) is 0 Å². The van der Waals surface area contributed by atoms with Crippen LogP contribution in [0.5, 0.6) is 0 Å². The van der Waals surface area contributed by atoms with Gasteiger partial charge in [-0.2, -0.15) is 0 Å². The predicted molar refractivity (Wildman–Crippen MR) is 109 cm³/mol. The van der Waals surface area contributed by atoms with E-state index < -0.39 is 0 Å². The number of carbonyl (C=O) groups is 2. The van der Waals surface area contributed by atoms with Gasteiger partial charge in [0.1, 0.15) is 0 Å². The van der Waals surface area contributed by atoms with Crippen LogP contribution in [-0.2, 0) is 9.59 Å². The minimum absolute atomic E-state index is 0.0807. The van der Waals surface area contributed by atoms with Crippen LogP contribution in [0.15, 0.2) is 41.9 Å². The van der Waals surface area contributed by atoms with Gasteiger partial charge < -0.3 is 15.3 Å². The molecule has 0 bridgehead atoms. The van der Waals surface area contributed by atoms with Crippen LogP contribution in [0, 0.1) is 0 Å². The first kappa shape index (κ1) is 20.4. The molecule has 1 aliphatic rings. The molecule has 0 aliphatic carbocycles. The highest BCUT2D eigenvalue weighted by atomic mass is 32.1. The van der Waals surface area contributed by atoms with Gasteiger partial charge in [0.2, 0.25) is 11.8 Å². The lowest BCUT2D eigenvalue weighted by Crippen LogP contribution is -2.39. The number of β-amino-alcohol motifs (C(OH)–C–C–N with tert-alkyl or cyclic N) is 1. The molecule has 1 fully saturated rings. The normalized spacial score (nSPS) is 18.0. The molecule has 28 heavy (non-hydrogen) atoms. The Morgan fingerprint density at radius 3 is 2.79 bits per heavy atom. The van der Waals surface area contributed by atoms with E-state index in [1.54, 1.807) is 23.5 Å². The molecule has 1 unspecified atom stereocenters. The summed E-state index contributed by atoms with van der Waals surface area (Å²) < 4.78 is 0. The number of aromatic nitrogens is 1. The van der Waals surface area contributed by atoms with Crippen molar-refractivity contribution in [3.8, 4) is 0 Å². The Morgan fingerprint density at radius 1 is 1.36 bits per heavy atom. The SMILES string of the molecule is CN(C(=O)CCC(=O)Nc1nccs1)[C@H](CN1CCC(O)C1)c1ccccc1. The molecule has 2 aromatic rings. The molecule has 0 saturated carbocycles. The van der Waals surface area contributed by atoms with Crippen molar-refractivity contribution >= 4 is 28.3 Å². The first-order chi connectivity index (χ1) is 13.5. The molecule has 2 atom stereocenters. The van der Waals surface area contributed by atoms with Crippen LogP contribution in [0.1, 0.15) is 30.9 Å². The number of rotatable bonds is 8. The fourth-order valence-corrected chi connectivity index (χ4v) is 3.93. The largest absolute Gasteiger partial charge is 0.392 e. The number of nitrogens with zero attached hydrogens (tertiary/aromatic N) is 3. The third-order valence-electron chi connectivity index (χ3n) is 4.97. The fourth-order valence-electron chi connectivity index (χ4n) is 3.39. The summed E-state index contributed by atoms with van der Waals surface area (Å²) in [5, 5.41) is 14.8. The van der Waals surface area contributed by atoms with Crippen molar-refractivity contribution in [1.82, 2.24) is 14.8 Å². The molecular weight excluding hydrogens is 376 g/mol. The molecule has 0 radical (unpaired) electrons. The summed E-state index contributed by atoms with van der Waals surface area (Å²) in [5.74, 6) is -0.293. The Balaban J connectivity index is 1.60. The minimum Gasteiger partial charge on any atom is -0.392 e. The lowest BCUT2D eigenvalue weighted by Gasteiger charge is -2.32. The predicted octanol–water partition coefficient (Wildman–Crippen LogP) is 2.13. The van der Waals surface area contributed by atoms with Crippen molar-refractivity contribution in [1.29, 1.82) is 0 Å². The molecule has 1 saturated heterocycles. The van der Waals surface area contributed by atoms with Crippen molar-refractivity contribution in [2.75, 3.05) is 32.0 Å². The van der Waals surface area contributed by atoms with Crippen LogP contribution in [0.25, 0.3) is 0 Å². The summed E-state index contributed by atoms with van der Waals surface area (Å²) in [6.07, 6.45) is 2.34. The molecule has 2 amide bonds. The molecule has 150 valence electrons. The van der Waals surface area contributed by atoms with Crippen LogP contribution in [0.2, 0.25) is 0 Å². The lowest BCUT2D eigenvalue weighted by molar-refractivity contribution is -0.134. The van der Waals surface area contributed by atoms with Crippen LogP contribution in [0.4, 0.5) is 5.13 Å². The van der Waals surface area contributed by atoms with E-state index >= 15 is 0 Å². The maximum atomic E-state index is 12.8. The van der Waals surface area contributed by atoms with Crippen LogP contribution < -0.4 is 5.32 Å². The second-order valence-electron chi connectivity index (χ2n) is 7.02. The van der Waals surface area contributed by atoms with E-state index in [0.717, 1.165) is 18.5 Å². The van der Waals surface area contributed by atoms with Gasteiger partial charge in [0, 0.05) is 51.1 Å². The Hall–Kier alpha value is -2.29. The third kappa shape index (κ3) is 5.60. The van der Waals surface area contributed by atoms with Crippen molar-refractivity contribution in [2.45, 2.75) is 31.4 Å². The Kier molecular flexibility index (Phi) is 7.13. The highest BCUT2D eigenvalue weighted by Crippen LogP contribution is 2.24. The molecule has 7 nitrogen and oxygen atoms in total. The number of anilines is 1. The standard InChI is InChI=1S/C20H26N4O3S/c1-23(19(27)8-7-18(26)22-20-21-10-12-28-20)17(15-5-3-2-4-6-15)14-24-11-9-16(25)13-24/h2-6,10,12,16-17,25H,7-9,11,13-14H2,1H3,(H,21,22,26)/t16?,17-/m1/s1. The zero-order chi connectivity index (χ0) is 19.9. The molecule has 0 spiro atoms.